The second-order valence-corrected chi connectivity index (χ2v) is 14.3. The van der Waals surface area contributed by atoms with Crippen LogP contribution in [0.3, 0.4) is 0 Å². The highest BCUT2D eigenvalue weighted by atomic mass is 16.5. The Bertz CT molecular complexity index is 687. The van der Waals surface area contributed by atoms with Gasteiger partial charge in [-0.25, -0.2) is 0 Å². The highest BCUT2D eigenvalue weighted by Crippen LogP contribution is 2.19. The van der Waals surface area contributed by atoms with Gasteiger partial charge in [-0.15, -0.1) is 0 Å². The molecule has 0 heterocycles. The van der Waals surface area contributed by atoms with Crippen molar-refractivity contribution in [1.29, 1.82) is 0 Å². The van der Waals surface area contributed by atoms with Crippen LogP contribution < -0.4 is 0 Å². The predicted octanol–water partition coefficient (Wildman–Crippen LogP) is 14.5. The standard InChI is InChI=1S/C38H70.C7H15NO2/c1-4-6-8-10-12-14-16-18-20-22-24-26-28-30-32-34-36-38(3)37-35-33-31-29-27-25-23-21-19-17-15-13-11-9-7-5-2;1-8(2)6-4-5-7(9)10-3/h12-15,18-21,38H,4-11,16-17,22-37H2,1-3H3;4-6H2,1-3H3/b14-12-,15-13-,20-18-,21-19-;. The summed E-state index contributed by atoms with van der Waals surface area (Å²) in [7, 11) is 5.38. The molecule has 0 amide bonds. The van der Waals surface area contributed by atoms with E-state index >= 15 is 0 Å². The fraction of sp³-hybridized carbons (Fsp3) is 0.800. The van der Waals surface area contributed by atoms with Crippen LogP contribution in [0.15, 0.2) is 48.6 Å². The number of carbonyl (C=O) groups excluding carboxylic acids is 1. The number of allylic oxidation sites excluding steroid dienone is 8. The Kier molecular flexibility index (Phi) is 43.9. The van der Waals surface area contributed by atoms with E-state index in [4.69, 9.17) is 0 Å². The summed E-state index contributed by atoms with van der Waals surface area (Å²) >= 11 is 0. The number of ether oxygens (including phenoxy) is 1. The second-order valence-electron chi connectivity index (χ2n) is 14.3. The van der Waals surface area contributed by atoms with Crippen molar-refractivity contribution in [3.05, 3.63) is 48.6 Å². The maximum absolute atomic E-state index is 10.6. The van der Waals surface area contributed by atoms with Gasteiger partial charge in [0.2, 0.25) is 0 Å². The van der Waals surface area contributed by atoms with Gasteiger partial charge in [0.15, 0.2) is 0 Å². The lowest BCUT2D eigenvalue weighted by molar-refractivity contribution is -0.140. The van der Waals surface area contributed by atoms with Crippen LogP contribution in [0.4, 0.5) is 0 Å². The first kappa shape index (κ1) is 48.5. The third-order valence-electron chi connectivity index (χ3n) is 9.01. The summed E-state index contributed by atoms with van der Waals surface area (Å²) < 4.78 is 4.47. The van der Waals surface area contributed by atoms with E-state index in [9.17, 15) is 4.79 Å². The van der Waals surface area contributed by atoms with Gasteiger partial charge in [0.05, 0.1) is 7.11 Å². The molecule has 0 saturated carbocycles. The van der Waals surface area contributed by atoms with E-state index in [1.165, 1.54) is 161 Å². The fourth-order valence-electron chi connectivity index (χ4n) is 5.75. The molecule has 282 valence electrons. The summed E-state index contributed by atoms with van der Waals surface area (Å²) in [6.07, 6.45) is 55.8. The molecular formula is C45H85NO2. The van der Waals surface area contributed by atoms with Crippen LogP contribution in [-0.2, 0) is 9.53 Å². The summed E-state index contributed by atoms with van der Waals surface area (Å²) in [5.74, 6) is 0.813. The van der Waals surface area contributed by atoms with Gasteiger partial charge in [-0.2, -0.15) is 0 Å². The van der Waals surface area contributed by atoms with Crippen LogP contribution in [0.2, 0.25) is 0 Å². The Morgan fingerprint density at radius 2 is 0.875 bits per heavy atom. The van der Waals surface area contributed by atoms with Crippen LogP contribution >= 0.6 is 0 Å². The minimum Gasteiger partial charge on any atom is -0.469 e. The number of methoxy groups -OCH3 is 1. The third-order valence-corrected chi connectivity index (χ3v) is 9.01. The van der Waals surface area contributed by atoms with Crippen LogP contribution in [0, 0.1) is 5.92 Å². The smallest absolute Gasteiger partial charge is 0.305 e. The van der Waals surface area contributed by atoms with Crippen molar-refractivity contribution in [2.24, 2.45) is 5.92 Å². The van der Waals surface area contributed by atoms with Crippen LogP contribution in [-0.4, -0.2) is 38.6 Å². The zero-order valence-electron chi connectivity index (χ0n) is 33.5. The van der Waals surface area contributed by atoms with E-state index in [2.05, 4.69) is 74.1 Å². The third kappa shape index (κ3) is 46.5. The first-order valence-electron chi connectivity index (χ1n) is 20.8. The summed E-state index contributed by atoms with van der Waals surface area (Å²) in [5.41, 5.74) is 0. The van der Waals surface area contributed by atoms with Crippen molar-refractivity contribution >= 4 is 5.97 Å². The number of carbonyl (C=O) groups is 1. The molecule has 48 heavy (non-hydrogen) atoms. The summed E-state index contributed by atoms with van der Waals surface area (Å²) in [5, 5.41) is 0. The number of hydrogen-bond acceptors (Lipinski definition) is 3. The average Bonchev–Trinajstić information content (AvgIpc) is 3.08. The maximum atomic E-state index is 10.6. The molecule has 3 nitrogen and oxygen atoms in total. The Morgan fingerprint density at radius 3 is 1.23 bits per heavy atom. The first-order chi connectivity index (χ1) is 23.5. The first-order valence-corrected chi connectivity index (χ1v) is 20.8. The Labute approximate surface area is 302 Å². The van der Waals surface area contributed by atoms with Crippen molar-refractivity contribution < 1.29 is 9.53 Å². The van der Waals surface area contributed by atoms with Gasteiger partial charge in [-0.3, -0.25) is 4.79 Å². The molecule has 0 aromatic carbocycles. The van der Waals surface area contributed by atoms with Gasteiger partial charge in [-0.1, -0.05) is 172 Å². The van der Waals surface area contributed by atoms with Crippen molar-refractivity contribution in [1.82, 2.24) is 4.90 Å². The molecule has 0 rings (SSSR count). The van der Waals surface area contributed by atoms with E-state index in [1.54, 1.807) is 0 Å². The highest BCUT2D eigenvalue weighted by Gasteiger charge is 2.02. The Morgan fingerprint density at radius 1 is 0.521 bits per heavy atom. The molecule has 0 aliphatic heterocycles. The minimum absolute atomic E-state index is 0.123. The van der Waals surface area contributed by atoms with Crippen LogP contribution in [0.25, 0.3) is 0 Å². The van der Waals surface area contributed by atoms with E-state index in [1.807, 2.05) is 19.0 Å². The molecule has 0 spiro atoms. The number of esters is 1. The van der Waals surface area contributed by atoms with E-state index < -0.39 is 0 Å². The molecule has 0 aliphatic rings. The van der Waals surface area contributed by atoms with E-state index in [0.717, 1.165) is 31.7 Å². The summed E-state index contributed by atoms with van der Waals surface area (Å²) in [4.78, 5) is 12.6. The molecule has 0 atom stereocenters. The van der Waals surface area contributed by atoms with Gasteiger partial charge in [0.1, 0.15) is 0 Å². The lowest BCUT2D eigenvalue weighted by Crippen LogP contribution is -2.14. The number of nitrogens with zero attached hydrogens (tertiary/aromatic N) is 1. The summed E-state index contributed by atoms with van der Waals surface area (Å²) in [6.45, 7) is 7.97. The van der Waals surface area contributed by atoms with Gasteiger partial charge in [0, 0.05) is 6.42 Å². The number of rotatable bonds is 34. The van der Waals surface area contributed by atoms with Crippen molar-refractivity contribution in [2.45, 2.75) is 201 Å². The molecule has 3 heteroatoms. The van der Waals surface area contributed by atoms with E-state index in [-0.39, 0.29) is 5.97 Å². The number of hydrogen-bond donors (Lipinski definition) is 0. The van der Waals surface area contributed by atoms with Crippen LogP contribution in [0.5, 0.6) is 0 Å². The average molecular weight is 672 g/mol. The highest BCUT2D eigenvalue weighted by molar-refractivity contribution is 5.69. The lowest BCUT2D eigenvalue weighted by atomic mass is 9.96. The van der Waals surface area contributed by atoms with Crippen molar-refractivity contribution in [2.75, 3.05) is 27.7 Å². The Hall–Kier alpha value is -1.61. The Balaban J connectivity index is 0. The largest absolute Gasteiger partial charge is 0.469 e. The maximum Gasteiger partial charge on any atom is 0.305 e. The fourth-order valence-corrected chi connectivity index (χ4v) is 5.75. The summed E-state index contributed by atoms with van der Waals surface area (Å²) in [6, 6.07) is 0. The SMILES string of the molecule is CCCCC/C=C\C/C=C\CCCCCCCCC(C)CCCCCCCC/C=C\C/C=C\CCCCC.COC(=O)CCCN(C)C. The minimum atomic E-state index is -0.123. The molecule has 0 aromatic rings. The second kappa shape index (κ2) is 43.4. The van der Waals surface area contributed by atoms with Gasteiger partial charge < -0.3 is 9.64 Å². The molecular weight excluding hydrogens is 587 g/mol. The molecule has 0 N–H and O–H groups in total. The normalized spacial score (nSPS) is 12.0. The van der Waals surface area contributed by atoms with Gasteiger partial charge in [-0.05, 0) is 97.2 Å². The van der Waals surface area contributed by atoms with Gasteiger partial charge in [0.25, 0.3) is 0 Å². The molecule has 0 saturated heterocycles. The van der Waals surface area contributed by atoms with Gasteiger partial charge >= 0.3 is 5.97 Å². The predicted molar refractivity (Wildman–Crippen MR) is 217 cm³/mol. The molecule has 0 aliphatic carbocycles. The molecule has 0 bridgehead atoms. The van der Waals surface area contributed by atoms with Crippen molar-refractivity contribution in [3.63, 3.8) is 0 Å². The lowest BCUT2D eigenvalue weighted by Gasteiger charge is -2.11. The van der Waals surface area contributed by atoms with Crippen molar-refractivity contribution in [3.8, 4) is 0 Å². The molecule has 0 unspecified atom stereocenters. The topological polar surface area (TPSA) is 29.5 Å². The zero-order valence-corrected chi connectivity index (χ0v) is 33.5. The number of unbranched alkanes of at least 4 members (excludes halogenated alkanes) is 18. The van der Waals surface area contributed by atoms with E-state index in [0.29, 0.717) is 6.42 Å². The molecule has 0 radical (unpaired) electrons. The molecule has 0 aromatic heterocycles. The zero-order chi connectivity index (χ0) is 35.6. The van der Waals surface area contributed by atoms with Crippen LogP contribution in [0.1, 0.15) is 201 Å². The molecule has 0 fully saturated rings. The monoisotopic (exact) mass is 672 g/mol. The quantitative estimate of drug-likeness (QED) is 0.0387.